The van der Waals surface area contributed by atoms with Gasteiger partial charge in [0.2, 0.25) is 11.8 Å². The number of carboxylic acid groups (broad SMARTS) is 2. The Morgan fingerprint density at radius 3 is 2.67 bits per heavy atom. The Morgan fingerprint density at radius 2 is 2.03 bits per heavy atom. The Balaban J connectivity index is 1.50. The summed E-state index contributed by atoms with van der Waals surface area (Å²) in [5.74, 6) is -4.99. The van der Waals surface area contributed by atoms with Crippen LogP contribution >= 0.6 is 11.8 Å². The topological polar surface area (TPSA) is 156 Å². The van der Waals surface area contributed by atoms with Crippen molar-refractivity contribution in [2.24, 2.45) is 11.8 Å². The standard InChI is InChI=1S/C22H25N3O7S/c1-9-16-15(10(2)26)20(28)25(16)17(22(31)32)18(9)33-13-7-14(23-8-13)19(27)24-12-5-3-4-11(6-12)21(29)30/h3-6,9-10,13-16,23,26H,7-8H2,1-2H3,(H,24,27)(H,29,30)(H,31,32)/t9-,10-,13+,14+,15-,16-/m1/s1/i3D,4D,5D,6D. The number of carbonyl (C=O) groups excluding carboxylic acids is 2. The highest BCUT2D eigenvalue weighted by molar-refractivity contribution is 8.03. The quantitative estimate of drug-likeness (QED) is 0.359. The Bertz CT molecular complexity index is 1260. The molecule has 11 heteroatoms. The first-order valence-corrected chi connectivity index (χ1v) is 11.2. The third-order valence-electron chi connectivity index (χ3n) is 6.10. The number of amides is 2. The van der Waals surface area contributed by atoms with E-state index in [0.717, 1.165) is 0 Å². The molecular weight excluding hydrogens is 450 g/mol. The number of β-lactam (4-membered cyclic amide) rings is 1. The molecule has 0 bridgehead atoms. The van der Waals surface area contributed by atoms with E-state index < -0.39 is 83.3 Å². The molecule has 10 nitrogen and oxygen atoms in total. The molecule has 0 aliphatic carbocycles. The van der Waals surface area contributed by atoms with E-state index in [9.17, 15) is 34.5 Å². The minimum atomic E-state index is -1.62. The summed E-state index contributed by atoms with van der Waals surface area (Å²) in [6.07, 6.45) is -0.690. The van der Waals surface area contributed by atoms with E-state index in [-0.39, 0.29) is 23.3 Å². The van der Waals surface area contributed by atoms with E-state index in [1.807, 2.05) is 0 Å². The number of rotatable bonds is 7. The molecule has 0 aromatic heterocycles. The number of nitrogens with one attached hydrogen (secondary N) is 2. The Morgan fingerprint density at radius 1 is 1.30 bits per heavy atom. The first kappa shape index (κ1) is 18.5. The van der Waals surface area contributed by atoms with Gasteiger partial charge in [0.05, 0.1) is 35.2 Å². The Labute approximate surface area is 199 Å². The van der Waals surface area contributed by atoms with Crippen LogP contribution in [0.2, 0.25) is 0 Å². The lowest BCUT2D eigenvalue weighted by Crippen LogP contribution is -2.63. The molecule has 176 valence electrons. The second kappa shape index (κ2) is 8.81. The van der Waals surface area contributed by atoms with Gasteiger partial charge >= 0.3 is 11.9 Å². The maximum Gasteiger partial charge on any atom is 0.353 e. The summed E-state index contributed by atoms with van der Waals surface area (Å²) >= 11 is 1.24. The predicted octanol–water partition coefficient (Wildman–Crippen LogP) is 0.941. The van der Waals surface area contributed by atoms with E-state index >= 15 is 0 Å². The number of aliphatic hydroxyl groups is 1. The third-order valence-corrected chi connectivity index (χ3v) is 7.61. The number of aliphatic hydroxyl groups excluding tert-OH is 1. The van der Waals surface area contributed by atoms with Crippen LogP contribution in [0, 0.1) is 11.8 Å². The summed E-state index contributed by atoms with van der Waals surface area (Å²) in [5.41, 5.74) is -1.38. The highest BCUT2D eigenvalue weighted by Gasteiger charge is 2.60. The van der Waals surface area contributed by atoms with Gasteiger partial charge in [-0.15, -0.1) is 11.8 Å². The fourth-order valence-corrected chi connectivity index (χ4v) is 6.05. The maximum atomic E-state index is 12.9. The molecule has 33 heavy (non-hydrogen) atoms. The molecule has 0 radical (unpaired) electrons. The van der Waals surface area contributed by atoms with Crippen LogP contribution in [-0.2, 0) is 14.4 Å². The molecule has 3 aliphatic heterocycles. The third kappa shape index (κ3) is 4.11. The number of hydrogen-bond donors (Lipinski definition) is 5. The monoisotopic (exact) mass is 479 g/mol. The number of aliphatic carboxylic acids is 1. The molecule has 1 aromatic carbocycles. The zero-order valence-corrected chi connectivity index (χ0v) is 18.5. The Hall–Kier alpha value is -2.89. The van der Waals surface area contributed by atoms with Crippen LogP contribution in [0.4, 0.5) is 5.69 Å². The van der Waals surface area contributed by atoms with Crippen molar-refractivity contribution < 1.29 is 40.0 Å². The van der Waals surface area contributed by atoms with Crippen LogP contribution in [0.15, 0.2) is 34.8 Å². The number of carbonyl (C=O) groups is 4. The number of aromatic carboxylic acids is 1. The summed E-state index contributed by atoms with van der Waals surface area (Å²) in [6, 6.07) is -4.17. The van der Waals surface area contributed by atoms with Crippen LogP contribution in [0.25, 0.3) is 0 Å². The van der Waals surface area contributed by atoms with Gasteiger partial charge in [-0.05, 0) is 31.5 Å². The fourth-order valence-electron chi connectivity index (χ4n) is 4.57. The van der Waals surface area contributed by atoms with Gasteiger partial charge in [0.15, 0.2) is 0 Å². The second-order valence-electron chi connectivity index (χ2n) is 8.25. The normalized spacial score (nSPS) is 31.2. The number of fused-ring (bicyclic) bond motifs is 1. The molecule has 5 N–H and O–H groups in total. The van der Waals surface area contributed by atoms with E-state index in [1.165, 1.54) is 23.6 Å². The summed E-state index contributed by atoms with van der Waals surface area (Å²) in [4.78, 5) is 50.6. The van der Waals surface area contributed by atoms with Crippen molar-refractivity contribution in [3.63, 3.8) is 0 Å². The first-order valence-electron chi connectivity index (χ1n) is 12.3. The van der Waals surface area contributed by atoms with E-state index in [0.29, 0.717) is 11.4 Å². The minimum absolute atomic E-state index is 0.116. The first-order chi connectivity index (χ1) is 17.3. The average Bonchev–Trinajstić information content (AvgIpc) is 3.37. The van der Waals surface area contributed by atoms with Crippen molar-refractivity contribution in [1.29, 1.82) is 0 Å². The number of benzene rings is 1. The van der Waals surface area contributed by atoms with Crippen molar-refractivity contribution in [3.05, 3.63) is 40.3 Å². The molecule has 3 heterocycles. The van der Waals surface area contributed by atoms with Gasteiger partial charge < -0.3 is 30.9 Å². The SMILES string of the molecule is [2H]c1c([2H])c(NC(=O)[C@@H]2C[C@H](SC3=C(C(=O)O)N4C(=O)[C@H]([C@@H](C)O)[C@H]4[C@H]3C)CN2)c([2H])c(C(=O)O)c1[2H]. The van der Waals surface area contributed by atoms with Crippen molar-refractivity contribution in [3.8, 4) is 0 Å². The van der Waals surface area contributed by atoms with Crippen LogP contribution < -0.4 is 10.6 Å². The van der Waals surface area contributed by atoms with Gasteiger partial charge in [-0.25, -0.2) is 9.59 Å². The largest absolute Gasteiger partial charge is 0.478 e. The highest BCUT2D eigenvalue weighted by atomic mass is 32.2. The molecule has 2 amide bonds. The lowest BCUT2D eigenvalue weighted by molar-refractivity contribution is -0.163. The molecule has 2 fully saturated rings. The fraction of sp³-hybridized carbons (Fsp3) is 0.455. The average molecular weight is 480 g/mol. The molecule has 6 atom stereocenters. The number of nitrogens with zero attached hydrogens (tertiary/aromatic N) is 1. The second-order valence-corrected chi connectivity index (χ2v) is 9.59. The number of anilines is 1. The number of hydrogen-bond acceptors (Lipinski definition) is 7. The molecule has 0 unspecified atom stereocenters. The molecule has 3 aliphatic rings. The van der Waals surface area contributed by atoms with Crippen LogP contribution in [0.3, 0.4) is 0 Å². The summed E-state index contributed by atoms with van der Waals surface area (Å²) < 4.78 is 31.5. The van der Waals surface area contributed by atoms with Gasteiger partial charge in [0, 0.05) is 28.3 Å². The van der Waals surface area contributed by atoms with Gasteiger partial charge in [-0.1, -0.05) is 13.0 Å². The molecule has 2 saturated heterocycles. The molecule has 0 spiro atoms. The van der Waals surface area contributed by atoms with Crippen LogP contribution in [0.1, 0.15) is 36.1 Å². The van der Waals surface area contributed by atoms with E-state index in [4.69, 9.17) is 5.48 Å². The number of thioether (sulfide) groups is 1. The summed E-state index contributed by atoms with van der Waals surface area (Å²) in [7, 11) is 0. The van der Waals surface area contributed by atoms with Crippen molar-refractivity contribution >= 4 is 41.2 Å². The zero-order valence-electron chi connectivity index (χ0n) is 21.7. The van der Waals surface area contributed by atoms with Gasteiger partial charge in [-0.2, -0.15) is 0 Å². The van der Waals surface area contributed by atoms with Gasteiger partial charge in [-0.3, -0.25) is 9.59 Å². The Kier molecular flexibility index (Phi) is 4.94. The highest BCUT2D eigenvalue weighted by Crippen LogP contribution is 2.51. The van der Waals surface area contributed by atoms with Gasteiger partial charge in [0.1, 0.15) is 5.70 Å². The molecule has 4 rings (SSSR count). The summed E-state index contributed by atoms with van der Waals surface area (Å²) in [5, 5.41) is 34.1. The van der Waals surface area contributed by atoms with Crippen molar-refractivity contribution in [2.75, 3.05) is 11.9 Å². The maximum absolute atomic E-state index is 12.9. The minimum Gasteiger partial charge on any atom is -0.478 e. The van der Waals surface area contributed by atoms with Gasteiger partial charge in [0.25, 0.3) is 0 Å². The molecule has 1 aromatic rings. The lowest BCUT2D eigenvalue weighted by Gasteiger charge is -2.46. The lowest BCUT2D eigenvalue weighted by atomic mass is 9.79. The van der Waals surface area contributed by atoms with Crippen molar-refractivity contribution in [2.45, 2.75) is 43.7 Å². The van der Waals surface area contributed by atoms with E-state index in [2.05, 4.69) is 10.6 Å². The number of carboxylic acids is 2. The van der Waals surface area contributed by atoms with Crippen LogP contribution in [0.5, 0.6) is 0 Å². The van der Waals surface area contributed by atoms with Crippen molar-refractivity contribution in [1.82, 2.24) is 10.2 Å². The predicted molar refractivity (Wildman–Crippen MR) is 119 cm³/mol. The summed E-state index contributed by atoms with van der Waals surface area (Å²) in [6.45, 7) is 3.60. The zero-order chi connectivity index (χ0) is 27.5. The van der Waals surface area contributed by atoms with E-state index in [1.54, 1.807) is 6.92 Å². The smallest absolute Gasteiger partial charge is 0.353 e. The van der Waals surface area contributed by atoms with Crippen LogP contribution in [-0.4, -0.2) is 74.0 Å². The molecular formula is C22H25N3O7S. The molecule has 0 saturated carbocycles.